The Labute approximate surface area is 132 Å². The van der Waals surface area contributed by atoms with Crippen LogP contribution in [0, 0.1) is 0 Å². The molecule has 1 amide bonds. The Morgan fingerprint density at radius 2 is 2.09 bits per heavy atom. The van der Waals surface area contributed by atoms with Gasteiger partial charge < -0.3 is 14.6 Å². The largest absolute Gasteiger partial charge is 0.390 e. The van der Waals surface area contributed by atoms with Crippen molar-refractivity contribution in [3.63, 3.8) is 0 Å². The van der Waals surface area contributed by atoms with Gasteiger partial charge in [0.25, 0.3) is 5.91 Å². The fourth-order valence-electron chi connectivity index (χ4n) is 1.79. The molecule has 1 aromatic heterocycles. The predicted molar refractivity (Wildman–Crippen MR) is 84.8 cm³/mol. The van der Waals surface area contributed by atoms with Crippen molar-refractivity contribution in [1.29, 1.82) is 0 Å². The standard InChI is InChI=1S/C15H18N2O4S/c1-20-7-8-21-10-13(19)17-15-16-12(9-18)14(22-15)11-5-3-2-4-6-11/h2-6,18H,7-10H2,1H3,(H,16,17,19). The van der Waals surface area contributed by atoms with Gasteiger partial charge in [-0.2, -0.15) is 0 Å². The zero-order valence-corrected chi connectivity index (χ0v) is 13.1. The van der Waals surface area contributed by atoms with E-state index in [0.29, 0.717) is 24.0 Å². The summed E-state index contributed by atoms with van der Waals surface area (Å²) in [6, 6.07) is 9.62. The minimum Gasteiger partial charge on any atom is -0.390 e. The van der Waals surface area contributed by atoms with Gasteiger partial charge >= 0.3 is 0 Å². The van der Waals surface area contributed by atoms with Crippen LogP contribution < -0.4 is 5.32 Å². The van der Waals surface area contributed by atoms with Gasteiger partial charge in [-0.15, -0.1) is 0 Å². The van der Waals surface area contributed by atoms with Crippen molar-refractivity contribution in [2.75, 3.05) is 32.2 Å². The maximum Gasteiger partial charge on any atom is 0.252 e. The Morgan fingerprint density at radius 3 is 2.77 bits per heavy atom. The van der Waals surface area contributed by atoms with Crippen molar-refractivity contribution in [3.8, 4) is 10.4 Å². The van der Waals surface area contributed by atoms with Crippen LogP contribution >= 0.6 is 11.3 Å². The molecule has 0 saturated carbocycles. The molecular formula is C15H18N2O4S. The number of ether oxygens (including phenoxy) is 2. The fraction of sp³-hybridized carbons (Fsp3) is 0.333. The van der Waals surface area contributed by atoms with E-state index in [2.05, 4.69) is 10.3 Å². The SMILES string of the molecule is COCCOCC(=O)Nc1nc(CO)c(-c2ccccc2)s1. The third-order valence-electron chi connectivity index (χ3n) is 2.79. The minimum atomic E-state index is -0.283. The van der Waals surface area contributed by atoms with Crippen LogP contribution in [0.4, 0.5) is 5.13 Å². The summed E-state index contributed by atoms with van der Waals surface area (Å²) < 4.78 is 9.98. The first-order valence-electron chi connectivity index (χ1n) is 6.77. The first-order chi connectivity index (χ1) is 10.7. The summed E-state index contributed by atoms with van der Waals surface area (Å²) in [5, 5.41) is 12.5. The lowest BCUT2D eigenvalue weighted by Gasteiger charge is -2.03. The number of anilines is 1. The van der Waals surface area contributed by atoms with E-state index in [9.17, 15) is 9.90 Å². The van der Waals surface area contributed by atoms with Crippen LogP contribution in [0.5, 0.6) is 0 Å². The molecule has 1 aromatic carbocycles. The van der Waals surface area contributed by atoms with Crippen LogP contribution in [0.15, 0.2) is 30.3 Å². The number of hydrogen-bond acceptors (Lipinski definition) is 6. The lowest BCUT2D eigenvalue weighted by atomic mass is 10.1. The first-order valence-corrected chi connectivity index (χ1v) is 7.58. The second kappa shape index (κ2) is 8.60. The summed E-state index contributed by atoms with van der Waals surface area (Å²) in [5.41, 5.74) is 1.51. The van der Waals surface area contributed by atoms with Crippen LogP contribution in [0.25, 0.3) is 10.4 Å². The number of thiazole rings is 1. The van der Waals surface area contributed by atoms with Crippen molar-refractivity contribution < 1.29 is 19.4 Å². The number of rotatable bonds is 8. The number of nitrogens with zero attached hydrogens (tertiary/aromatic N) is 1. The summed E-state index contributed by atoms with van der Waals surface area (Å²) in [6.07, 6.45) is 0. The molecule has 0 aliphatic carbocycles. The second-order valence-electron chi connectivity index (χ2n) is 4.41. The molecule has 2 rings (SSSR count). The van der Waals surface area contributed by atoms with E-state index in [1.54, 1.807) is 7.11 Å². The van der Waals surface area contributed by atoms with Crippen LogP contribution in [0.1, 0.15) is 5.69 Å². The number of carbonyl (C=O) groups excluding carboxylic acids is 1. The van der Waals surface area contributed by atoms with Gasteiger partial charge in [0.15, 0.2) is 5.13 Å². The molecule has 118 valence electrons. The van der Waals surface area contributed by atoms with Gasteiger partial charge in [-0.05, 0) is 5.56 Å². The topological polar surface area (TPSA) is 80.7 Å². The number of aliphatic hydroxyl groups excluding tert-OH is 1. The van der Waals surface area contributed by atoms with Gasteiger partial charge in [-0.25, -0.2) is 4.98 Å². The number of nitrogens with one attached hydrogen (secondary N) is 1. The van der Waals surface area contributed by atoms with Crippen LogP contribution in [-0.4, -0.2) is 42.9 Å². The molecule has 0 radical (unpaired) electrons. The molecule has 0 spiro atoms. The maximum absolute atomic E-state index is 11.7. The van der Waals surface area contributed by atoms with Gasteiger partial charge in [0.1, 0.15) is 6.61 Å². The predicted octanol–water partition coefficient (Wildman–Crippen LogP) is 1.90. The molecule has 0 saturated heterocycles. The van der Waals surface area contributed by atoms with Crippen LogP contribution in [-0.2, 0) is 20.9 Å². The van der Waals surface area contributed by atoms with Crippen molar-refractivity contribution in [3.05, 3.63) is 36.0 Å². The zero-order valence-electron chi connectivity index (χ0n) is 12.2. The first kappa shape index (κ1) is 16.6. The van der Waals surface area contributed by atoms with Crippen molar-refractivity contribution in [2.24, 2.45) is 0 Å². The average Bonchev–Trinajstić information content (AvgIpc) is 2.95. The van der Waals surface area contributed by atoms with Gasteiger partial charge in [0.2, 0.25) is 0 Å². The number of hydrogen-bond donors (Lipinski definition) is 2. The molecular weight excluding hydrogens is 304 g/mol. The fourth-order valence-corrected chi connectivity index (χ4v) is 2.79. The highest BCUT2D eigenvalue weighted by Crippen LogP contribution is 2.32. The molecule has 2 N–H and O–H groups in total. The van der Waals surface area contributed by atoms with E-state index in [0.717, 1.165) is 10.4 Å². The molecule has 0 aliphatic heterocycles. The van der Waals surface area contributed by atoms with E-state index in [-0.39, 0.29) is 19.1 Å². The molecule has 0 fully saturated rings. The number of benzene rings is 1. The Bertz CT molecular complexity index is 601. The van der Waals surface area contributed by atoms with E-state index >= 15 is 0 Å². The van der Waals surface area contributed by atoms with E-state index in [4.69, 9.17) is 9.47 Å². The number of amides is 1. The van der Waals surface area contributed by atoms with Crippen LogP contribution in [0.3, 0.4) is 0 Å². The summed E-state index contributed by atoms with van der Waals surface area (Å²) in [6.45, 7) is 0.565. The van der Waals surface area contributed by atoms with Crippen molar-refractivity contribution in [1.82, 2.24) is 4.98 Å². The number of methoxy groups -OCH3 is 1. The van der Waals surface area contributed by atoms with Gasteiger partial charge in [0, 0.05) is 7.11 Å². The smallest absolute Gasteiger partial charge is 0.252 e. The summed E-state index contributed by atoms with van der Waals surface area (Å²) in [7, 11) is 1.57. The minimum absolute atomic E-state index is 0.0575. The molecule has 22 heavy (non-hydrogen) atoms. The second-order valence-corrected chi connectivity index (χ2v) is 5.41. The molecule has 6 nitrogen and oxygen atoms in total. The molecule has 0 unspecified atom stereocenters. The molecule has 7 heteroatoms. The Balaban J connectivity index is 2.01. The molecule has 2 aromatic rings. The Kier molecular flexibility index (Phi) is 6.47. The van der Waals surface area contributed by atoms with Gasteiger partial charge in [-0.3, -0.25) is 10.1 Å². The van der Waals surface area contributed by atoms with E-state index < -0.39 is 0 Å². The Hall–Kier alpha value is -1.80. The highest BCUT2D eigenvalue weighted by Gasteiger charge is 2.14. The lowest BCUT2D eigenvalue weighted by molar-refractivity contribution is -0.121. The average molecular weight is 322 g/mol. The van der Waals surface area contributed by atoms with E-state index in [1.807, 2.05) is 30.3 Å². The zero-order chi connectivity index (χ0) is 15.8. The molecule has 0 aliphatic rings. The number of carbonyl (C=O) groups is 1. The third-order valence-corrected chi connectivity index (χ3v) is 3.86. The number of aromatic nitrogens is 1. The molecule has 0 bridgehead atoms. The summed E-state index contributed by atoms with van der Waals surface area (Å²) >= 11 is 1.33. The van der Waals surface area contributed by atoms with Crippen LogP contribution in [0.2, 0.25) is 0 Å². The maximum atomic E-state index is 11.7. The third kappa shape index (κ3) is 4.60. The highest BCUT2D eigenvalue weighted by molar-refractivity contribution is 7.19. The normalized spacial score (nSPS) is 10.6. The molecule has 0 atom stereocenters. The summed E-state index contributed by atoms with van der Waals surface area (Å²) in [5.74, 6) is -0.283. The molecule has 1 heterocycles. The quantitative estimate of drug-likeness (QED) is 0.726. The van der Waals surface area contributed by atoms with E-state index in [1.165, 1.54) is 11.3 Å². The lowest BCUT2D eigenvalue weighted by Crippen LogP contribution is -2.19. The Morgan fingerprint density at radius 1 is 1.32 bits per heavy atom. The monoisotopic (exact) mass is 322 g/mol. The van der Waals surface area contributed by atoms with Crippen molar-refractivity contribution >= 4 is 22.4 Å². The van der Waals surface area contributed by atoms with Gasteiger partial charge in [0.05, 0.1) is 30.4 Å². The van der Waals surface area contributed by atoms with Crippen molar-refractivity contribution in [2.45, 2.75) is 6.61 Å². The van der Waals surface area contributed by atoms with Gasteiger partial charge in [-0.1, -0.05) is 41.7 Å². The summed E-state index contributed by atoms with van der Waals surface area (Å²) in [4.78, 5) is 16.8. The highest BCUT2D eigenvalue weighted by atomic mass is 32.1. The number of aliphatic hydroxyl groups is 1.